The van der Waals surface area contributed by atoms with E-state index in [4.69, 9.17) is 4.74 Å². The summed E-state index contributed by atoms with van der Waals surface area (Å²) in [6, 6.07) is 0. The first kappa shape index (κ1) is 13.2. The molecule has 0 aromatic rings. The van der Waals surface area contributed by atoms with Crippen molar-refractivity contribution in [2.45, 2.75) is 45.1 Å². The van der Waals surface area contributed by atoms with E-state index in [0.29, 0.717) is 25.5 Å². The number of hydrogen-bond donors (Lipinski definition) is 1. The van der Waals surface area contributed by atoms with E-state index in [1.54, 1.807) is 7.11 Å². The Morgan fingerprint density at radius 1 is 1.50 bits per heavy atom. The Morgan fingerprint density at radius 3 is 2.75 bits per heavy atom. The number of carbonyl (C=O) groups is 2. The number of Topliss-reactive ketones (excluding diaryl/α,β-unsaturated/α-hetero) is 1. The van der Waals surface area contributed by atoms with Gasteiger partial charge in [-0.05, 0) is 26.2 Å². The summed E-state index contributed by atoms with van der Waals surface area (Å²) < 4.78 is 5.13. The lowest BCUT2D eigenvalue weighted by Gasteiger charge is -2.22. The van der Waals surface area contributed by atoms with Crippen molar-refractivity contribution in [2.75, 3.05) is 13.7 Å². The van der Waals surface area contributed by atoms with Crippen molar-refractivity contribution >= 4 is 11.7 Å². The number of carbonyl (C=O) groups excluding carboxylic acids is 2. The van der Waals surface area contributed by atoms with Crippen molar-refractivity contribution < 1.29 is 14.3 Å². The van der Waals surface area contributed by atoms with Gasteiger partial charge in [0.25, 0.3) is 0 Å². The van der Waals surface area contributed by atoms with Crippen LogP contribution in [0.25, 0.3) is 0 Å². The summed E-state index contributed by atoms with van der Waals surface area (Å²) in [4.78, 5) is 22.1. The first-order chi connectivity index (χ1) is 7.63. The highest BCUT2D eigenvalue weighted by Gasteiger charge is 2.32. The average Bonchev–Trinajstić information content (AvgIpc) is 2.23. The van der Waals surface area contributed by atoms with E-state index < -0.39 is 0 Å². The normalized spacial score (nSPS) is 18.0. The Bertz CT molecular complexity index is 245. The largest absolute Gasteiger partial charge is 0.382 e. The minimum absolute atomic E-state index is 0.0411. The summed E-state index contributed by atoms with van der Waals surface area (Å²) in [5.41, 5.74) is 0. The van der Waals surface area contributed by atoms with Crippen LogP contribution in [0.15, 0.2) is 0 Å². The Balaban J connectivity index is 1.95. The summed E-state index contributed by atoms with van der Waals surface area (Å²) >= 11 is 0. The highest BCUT2D eigenvalue weighted by molar-refractivity contribution is 5.96. The van der Waals surface area contributed by atoms with Crippen LogP contribution in [-0.4, -0.2) is 31.4 Å². The first-order valence-corrected chi connectivity index (χ1v) is 5.95. The zero-order valence-corrected chi connectivity index (χ0v) is 10.1. The van der Waals surface area contributed by atoms with Crippen molar-refractivity contribution in [3.8, 4) is 0 Å². The number of nitrogens with one attached hydrogen (secondary N) is 1. The maximum absolute atomic E-state index is 11.4. The monoisotopic (exact) mass is 227 g/mol. The molecule has 0 saturated heterocycles. The van der Waals surface area contributed by atoms with Gasteiger partial charge in [0.05, 0.1) is 12.0 Å². The van der Waals surface area contributed by atoms with Crippen LogP contribution >= 0.6 is 0 Å². The topological polar surface area (TPSA) is 55.4 Å². The van der Waals surface area contributed by atoms with Crippen LogP contribution in [0.5, 0.6) is 0 Å². The Morgan fingerprint density at radius 2 is 2.19 bits per heavy atom. The van der Waals surface area contributed by atoms with Crippen molar-refractivity contribution in [2.24, 2.45) is 5.92 Å². The minimum Gasteiger partial charge on any atom is -0.382 e. The molecular weight excluding hydrogens is 206 g/mol. The van der Waals surface area contributed by atoms with Gasteiger partial charge in [-0.2, -0.15) is 0 Å². The molecule has 1 unspecified atom stereocenters. The molecule has 1 saturated carbocycles. The lowest BCUT2D eigenvalue weighted by atomic mass is 9.83. The molecule has 0 bridgehead atoms. The molecule has 4 nitrogen and oxygen atoms in total. The quantitative estimate of drug-likeness (QED) is 0.667. The number of hydrogen-bond acceptors (Lipinski definition) is 3. The molecule has 1 aliphatic rings. The highest BCUT2D eigenvalue weighted by atomic mass is 16.5. The van der Waals surface area contributed by atoms with Gasteiger partial charge in [-0.3, -0.25) is 9.59 Å². The molecule has 0 heterocycles. The molecule has 0 spiro atoms. The second kappa shape index (κ2) is 6.63. The summed E-state index contributed by atoms with van der Waals surface area (Å²) in [6.45, 7) is 2.75. The molecule has 0 aromatic heterocycles. The fourth-order valence-electron chi connectivity index (χ4n) is 1.71. The number of ketones is 1. The van der Waals surface area contributed by atoms with E-state index in [0.717, 1.165) is 19.3 Å². The van der Waals surface area contributed by atoms with Gasteiger partial charge in [-0.1, -0.05) is 0 Å². The predicted molar refractivity (Wildman–Crippen MR) is 61.1 cm³/mol. The molecule has 1 N–H and O–H groups in total. The van der Waals surface area contributed by atoms with Crippen LogP contribution in [0.2, 0.25) is 0 Å². The maximum atomic E-state index is 11.4. The molecule has 1 aliphatic carbocycles. The number of rotatable bonds is 7. The minimum atomic E-state index is -0.0506. The van der Waals surface area contributed by atoms with E-state index in [1.807, 2.05) is 6.92 Å². The van der Waals surface area contributed by atoms with Crippen molar-refractivity contribution in [3.05, 3.63) is 0 Å². The predicted octanol–water partition coefficient (Wildman–Crippen LogP) is 1.29. The molecule has 0 aliphatic heterocycles. The molecular formula is C12H21NO3. The van der Waals surface area contributed by atoms with Crippen LogP contribution in [0.4, 0.5) is 0 Å². The average molecular weight is 227 g/mol. The third-order valence-electron chi connectivity index (χ3n) is 3.06. The lowest BCUT2D eigenvalue weighted by Crippen LogP contribution is -2.39. The number of amides is 1. The summed E-state index contributed by atoms with van der Waals surface area (Å²) in [5.74, 6) is 0.193. The van der Waals surface area contributed by atoms with Gasteiger partial charge < -0.3 is 10.1 Å². The molecule has 4 heteroatoms. The van der Waals surface area contributed by atoms with Crippen LogP contribution in [-0.2, 0) is 14.3 Å². The van der Waals surface area contributed by atoms with Crippen LogP contribution in [0, 0.1) is 5.92 Å². The lowest BCUT2D eigenvalue weighted by molar-refractivity contribution is -0.137. The standard InChI is InChI=1S/C12H21NO3/c1-9(16-2)5-3-4-6-13-12(15)10-7-11(14)8-10/h9-10H,3-8H2,1-2H3,(H,13,15). The Hall–Kier alpha value is -0.900. The van der Waals surface area contributed by atoms with E-state index >= 15 is 0 Å². The van der Waals surface area contributed by atoms with Gasteiger partial charge >= 0.3 is 0 Å². The Kier molecular flexibility index (Phi) is 5.46. The van der Waals surface area contributed by atoms with Gasteiger partial charge in [-0.15, -0.1) is 0 Å². The van der Waals surface area contributed by atoms with Gasteiger partial charge in [0.15, 0.2) is 0 Å². The highest BCUT2D eigenvalue weighted by Crippen LogP contribution is 2.22. The van der Waals surface area contributed by atoms with Crippen molar-refractivity contribution in [1.82, 2.24) is 5.32 Å². The third kappa shape index (κ3) is 4.31. The van der Waals surface area contributed by atoms with Gasteiger partial charge in [0.1, 0.15) is 5.78 Å². The van der Waals surface area contributed by atoms with Crippen LogP contribution in [0.3, 0.4) is 0 Å². The third-order valence-corrected chi connectivity index (χ3v) is 3.06. The molecule has 92 valence electrons. The van der Waals surface area contributed by atoms with E-state index in [2.05, 4.69) is 5.32 Å². The summed E-state index contributed by atoms with van der Waals surface area (Å²) in [7, 11) is 1.71. The molecule has 1 amide bonds. The van der Waals surface area contributed by atoms with Gasteiger partial charge in [0, 0.05) is 26.5 Å². The molecule has 16 heavy (non-hydrogen) atoms. The molecule has 0 radical (unpaired) electrons. The fraction of sp³-hybridized carbons (Fsp3) is 0.833. The van der Waals surface area contributed by atoms with Crippen molar-refractivity contribution in [1.29, 1.82) is 0 Å². The van der Waals surface area contributed by atoms with E-state index in [1.165, 1.54) is 0 Å². The molecule has 1 atom stereocenters. The zero-order chi connectivity index (χ0) is 12.0. The SMILES string of the molecule is COC(C)CCCCNC(=O)C1CC(=O)C1. The molecule has 1 fully saturated rings. The van der Waals surface area contributed by atoms with Crippen molar-refractivity contribution in [3.63, 3.8) is 0 Å². The first-order valence-electron chi connectivity index (χ1n) is 5.95. The van der Waals surface area contributed by atoms with Crippen LogP contribution in [0.1, 0.15) is 39.0 Å². The zero-order valence-electron chi connectivity index (χ0n) is 10.1. The van der Waals surface area contributed by atoms with Crippen LogP contribution < -0.4 is 5.32 Å². The maximum Gasteiger partial charge on any atom is 0.224 e. The second-order valence-electron chi connectivity index (χ2n) is 4.48. The number of ether oxygens (including phenoxy) is 1. The molecule has 1 rings (SSSR count). The van der Waals surface area contributed by atoms with Gasteiger partial charge in [-0.25, -0.2) is 0 Å². The summed E-state index contributed by atoms with van der Waals surface area (Å²) in [5, 5.41) is 2.86. The number of unbranched alkanes of at least 4 members (excludes halogenated alkanes) is 1. The number of methoxy groups -OCH3 is 1. The van der Waals surface area contributed by atoms with E-state index in [9.17, 15) is 9.59 Å². The summed E-state index contributed by atoms with van der Waals surface area (Å²) in [6.07, 6.45) is 4.21. The Labute approximate surface area is 96.7 Å². The fourth-order valence-corrected chi connectivity index (χ4v) is 1.71. The molecule has 0 aromatic carbocycles. The smallest absolute Gasteiger partial charge is 0.224 e. The van der Waals surface area contributed by atoms with Gasteiger partial charge in [0.2, 0.25) is 5.91 Å². The van der Waals surface area contributed by atoms with E-state index in [-0.39, 0.29) is 17.6 Å². The second-order valence-corrected chi connectivity index (χ2v) is 4.48.